The van der Waals surface area contributed by atoms with E-state index in [-0.39, 0.29) is 5.41 Å². The maximum atomic E-state index is 5.39. The molecule has 0 fully saturated rings. The summed E-state index contributed by atoms with van der Waals surface area (Å²) in [4.78, 5) is 21.1. The standard InChI is InChI=1S/C85H55N5/c1-85(2)72-50-63(52-20-7-3-8-21-52)48-60-40-41-61-49-64(51-73(85)77(61)76(60)72)83-88-81(55-24-11-5-12-25-55)87-82(89-83)62-29-18-27-58(47-62)57-26-17-28-59(46-57)68-44-43-67(53-22-9-4-10-23-53)79-70-33-19-32-69-66(42-45-71(78(69)70)80(68)79)54-36-38-56(39-37-54)84-86-74-34-15-16-35-75(74)90(84)65-30-13-6-14-31-65/h3-51H,1-2H3. The zero-order valence-corrected chi connectivity index (χ0v) is 49.5. The molecule has 0 radical (unpaired) electrons. The van der Waals surface area contributed by atoms with Gasteiger partial charge in [0.15, 0.2) is 17.5 Å². The van der Waals surface area contributed by atoms with E-state index in [0.717, 1.165) is 67.1 Å². The van der Waals surface area contributed by atoms with Crippen molar-refractivity contribution < 1.29 is 0 Å². The second kappa shape index (κ2) is 20.2. The van der Waals surface area contributed by atoms with Crippen molar-refractivity contribution in [1.82, 2.24) is 24.5 Å². The summed E-state index contributed by atoms with van der Waals surface area (Å²) in [5, 5.41) is 7.60. The lowest BCUT2D eigenvalue weighted by Crippen LogP contribution is -2.15. The van der Waals surface area contributed by atoms with Gasteiger partial charge in [0.25, 0.3) is 0 Å². The lowest BCUT2D eigenvalue weighted by Gasteiger charge is -2.23. The lowest BCUT2D eigenvalue weighted by atomic mass is 9.80. The summed E-state index contributed by atoms with van der Waals surface area (Å²) in [6.07, 6.45) is 0. The molecule has 0 saturated carbocycles. The van der Waals surface area contributed by atoms with Crippen molar-refractivity contribution in [3.63, 3.8) is 0 Å². The molecule has 2 aliphatic carbocycles. The van der Waals surface area contributed by atoms with Gasteiger partial charge in [0, 0.05) is 33.4 Å². The number of hydrogen-bond donors (Lipinski definition) is 0. The highest BCUT2D eigenvalue weighted by Gasteiger charge is 2.36. The third-order valence-corrected chi connectivity index (χ3v) is 18.9. The van der Waals surface area contributed by atoms with Gasteiger partial charge in [-0.3, -0.25) is 4.57 Å². The zero-order chi connectivity index (χ0) is 59.6. The van der Waals surface area contributed by atoms with Crippen LogP contribution in [0.2, 0.25) is 0 Å². The molecule has 2 aromatic heterocycles. The van der Waals surface area contributed by atoms with Crippen LogP contribution in [-0.2, 0) is 5.41 Å². The molecule has 18 rings (SSSR count). The van der Waals surface area contributed by atoms with E-state index in [1.165, 1.54) is 99.1 Å². The molecule has 0 saturated heterocycles. The van der Waals surface area contributed by atoms with Crippen molar-refractivity contribution in [3.8, 4) is 129 Å². The zero-order valence-electron chi connectivity index (χ0n) is 49.5. The van der Waals surface area contributed by atoms with Gasteiger partial charge in [-0.05, 0) is 182 Å². The smallest absolute Gasteiger partial charge is 0.164 e. The van der Waals surface area contributed by atoms with Crippen molar-refractivity contribution in [2.45, 2.75) is 19.3 Å². The Balaban J connectivity index is 0.724. The van der Waals surface area contributed by atoms with E-state index in [9.17, 15) is 0 Å². The normalized spacial score (nSPS) is 12.6. The van der Waals surface area contributed by atoms with Crippen LogP contribution in [0, 0.1) is 0 Å². The Morgan fingerprint density at radius 2 is 0.744 bits per heavy atom. The van der Waals surface area contributed by atoms with Crippen LogP contribution in [0.25, 0.3) is 172 Å². The average molecular weight is 1150 g/mol. The van der Waals surface area contributed by atoms with Gasteiger partial charge in [-0.15, -0.1) is 0 Å². The molecule has 420 valence electrons. The molecule has 2 heterocycles. The molecule has 0 spiro atoms. The monoisotopic (exact) mass is 1150 g/mol. The van der Waals surface area contributed by atoms with Crippen LogP contribution in [-0.4, -0.2) is 24.5 Å². The fraction of sp³-hybridized carbons (Fsp3) is 0.0353. The first kappa shape index (κ1) is 51.6. The molecular weight excluding hydrogens is 1090 g/mol. The number of imidazole rings is 1. The predicted molar refractivity (Wildman–Crippen MR) is 372 cm³/mol. The molecule has 0 atom stereocenters. The van der Waals surface area contributed by atoms with Gasteiger partial charge in [0.1, 0.15) is 5.82 Å². The SMILES string of the molecule is CC1(C)c2cc(-c3ccccc3)cc3ccc4cc(-c5nc(-c6ccccc6)nc(-c6cccc(-c7cccc(-c8ccc(-c9ccccc9)c9c8-c8ccc(-c%10ccc(-c%11nc%12ccccc%12n%11-c%11ccccc%11)cc%10)c%10cccc-9c8%10)c7)c6)n5)cc1c4c23. The highest BCUT2D eigenvalue weighted by molar-refractivity contribution is 6.23. The summed E-state index contributed by atoms with van der Waals surface area (Å²) in [6, 6.07) is 108. The van der Waals surface area contributed by atoms with Crippen LogP contribution in [0.5, 0.6) is 0 Å². The summed E-state index contributed by atoms with van der Waals surface area (Å²) < 4.78 is 2.26. The molecule has 2 aliphatic rings. The molecule has 5 nitrogen and oxygen atoms in total. The fourth-order valence-corrected chi connectivity index (χ4v) is 14.6. The number of fused-ring (bicyclic) bond motifs is 4. The molecule has 0 amide bonds. The molecule has 5 heteroatoms. The van der Waals surface area contributed by atoms with Crippen LogP contribution in [0.4, 0.5) is 0 Å². The first-order valence-electron chi connectivity index (χ1n) is 30.9. The van der Waals surface area contributed by atoms with Gasteiger partial charge in [0.05, 0.1) is 11.0 Å². The Morgan fingerprint density at radius 1 is 0.278 bits per heavy atom. The number of aromatic nitrogens is 5. The van der Waals surface area contributed by atoms with E-state index in [4.69, 9.17) is 19.9 Å². The minimum atomic E-state index is -0.256. The van der Waals surface area contributed by atoms with E-state index in [1.807, 2.05) is 18.2 Å². The van der Waals surface area contributed by atoms with Gasteiger partial charge >= 0.3 is 0 Å². The van der Waals surface area contributed by atoms with E-state index in [0.29, 0.717) is 17.5 Å². The Bertz CT molecular complexity index is 5590. The number of para-hydroxylation sites is 3. The molecule has 0 unspecified atom stereocenters. The third-order valence-electron chi connectivity index (χ3n) is 18.9. The van der Waals surface area contributed by atoms with Gasteiger partial charge in [0.2, 0.25) is 0 Å². The Hall–Kier alpha value is -11.7. The van der Waals surface area contributed by atoms with Gasteiger partial charge < -0.3 is 0 Å². The summed E-state index contributed by atoms with van der Waals surface area (Å²) >= 11 is 0. The van der Waals surface area contributed by atoms with E-state index >= 15 is 0 Å². The van der Waals surface area contributed by atoms with Crippen molar-refractivity contribution in [2.75, 3.05) is 0 Å². The topological polar surface area (TPSA) is 56.5 Å². The highest BCUT2D eigenvalue weighted by Crippen LogP contribution is 2.57. The second-order valence-electron chi connectivity index (χ2n) is 24.5. The second-order valence-corrected chi connectivity index (χ2v) is 24.5. The minimum Gasteiger partial charge on any atom is -0.292 e. The maximum absolute atomic E-state index is 5.39. The first-order valence-corrected chi connectivity index (χ1v) is 30.9. The molecule has 16 aromatic rings. The number of rotatable bonds is 10. The Labute approximate surface area is 521 Å². The Morgan fingerprint density at radius 3 is 1.43 bits per heavy atom. The summed E-state index contributed by atoms with van der Waals surface area (Å²) in [5.41, 5.74) is 26.1. The number of nitrogens with zero attached hydrogens (tertiary/aromatic N) is 5. The largest absolute Gasteiger partial charge is 0.292 e. The molecule has 0 N–H and O–H groups in total. The fourth-order valence-electron chi connectivity index (χ4n) is 14.6. The van der Waals surface area contributed by atoms with Crippen LogP contribution in [0.15, 0.2) is 297 Å². The number of benzene rings is 14. The highest BCUT2D eigenvalue weighted by atomic mass is 15.1. The Kier molecular flexibility index (Phi) is 11.6. The van der Waals surface area contributed by atoms with Gasteiger partial charge in [-0.2, -0.15) is 0 Å². The van der Waals surface area contributed by atoms with E-state index in [2.05, 4.69) is 297 Å². The summed E-state index contributed by atoms with van der Waals surface area (Å²) in [7, 11) is 0. The minimum absolute atomic E-state index is 0.256. The summed E-state index contributed by atoms with van der Waals surface area (Å²) in [6.45, 7) is 4.72. The molecule has 14 aromatic carbocycles. The van der Waals surface area contributed by atoms with Crippen LogP contribution < -0.4 is 0 Å². The van der Waals surface area contributed by atoms with Crippen LogP contribution in [0.3, 0.4) is 0 Å². The van der Waals surface area contributed by atoms with Crippen molar-refractivity contribution >= 4 is 43.4 Å². The predicted octanol–water partition coefficient (Wildman–Crippen LogP) is 22.0. The van der Waals surface area contributed by atoms with E-state index < -0.39 is 0 Å². The van der Waals surface area contributed by atoms with Crippen molar-refractivity contribution in [2.24, 2.45) is 0 Å². The van der Waals surface area contributed by atoms with Crippen LogP contribution >= 0.6 is 0 Å². The third kappa shape index (κ3) is 8.17. The van der Waals surface area contributed by atoms with Crippen LogP contribution in [0.1, 0.15) is 25.0 Å². The quantitative estimate of drug-likeness (QED) is 0.128. The van der Waals surface area contributed by atoms with Gasteiger partial charge in [-0.1, -0.05) is 250 Å². The van der Waals surface area contributed by atoms with Crippen molar-refractivity contribution in [1.29, 1.82) is 0 Å². The average Bonchev–Trinajstić information content (AvgIpc) is 1.58. The molecule has 0 aliphatic heterocycles. The molecule has 0 bridgehead atoms. The molecular formula is C85H55N5. The maximum Gasteiger partial charge on any atom is 0.164 e. The first-order chi connectivity index (χ1) is 44.4. The summed E-state index contributed by atoms with van der Waals surface area (Å²) in [5.74, 6) is 2.82. The molecule has 90 heavy (non-hydrogen) atoms. The number of hydrogen-bond acceptors (Lipinski definition) is 4. The lowest BCUT2D eigenvalue weighted by molar-refractivity contribution is 0.663. The van der Waals surface area contributed by atoms with Gasteiger partial charge in [-0.25, -0.2) is 19.9 Å². The van der Waals surface area contributed by atoms with Crippen molar-refractivity contribution in [3.05, 3.63) is 308 Å². The van der Waals surface area contributed by atoms with E-state index in [1.54, 1.807) is 0 Å².